The van der Waals surface area contributed by atoms with Gasteiger partial charge in [0, 0.05) is 44.1 Å². The van der Waals surface area contributed by atoms with Gasteiger partial charge in [-0.05, 0) is 38.0 Å². The Morgan fingerprint density at radius 2 is 1.89 bits per heavy atom. The molecule has 1 aliphatic heterocycles. The maximum atomic E-state index is 12.5. The number of piperazine rings is 1. The molecule has 158 valence electrons. The highest BCUT2D eigenvalue weighted by molar-refractivity contribution is 7.90. The molecule has 1 saturated carbocycles. The van der Waals surface area contributed by atoms with Crippen molar-refractivity contribution in [3.05, 3.63) is 16.1 Å². The van der Waals surface area contributed by atoms with Crippen LogP contribution in [0.15, 0.2) is 5.38 Å². The number of amides is 1. The van der Waals surface area contributed by atoms with Crippen LogP contribution in [0, 0.1) is 5.92 Å². The van der Waals surface area contributed by atoms with Crippen molar-refractivity contribution in [2.24, 2.45) is 5.92 Å². The van der Waals surface area contributed by atoms with Crippen molar-refractivity contribution in [1.29, 1.82) is 0 Å². The molecule has 2 heterocycles. The molecule has 1 saturated heterocycles. The first-order valence-electron chi connectivity index (χ1n) is 10.3. The van der Waals surface area contributed by atoms with Crippen molar-refractivity contribution < 1.29 is 13.2 Å². The molecule has 7 nitrogen and oxygen atoms in total. The van der Waals surface area contributed by atoms with Gasteiger partial charge in [-0.1, -0.05) is 13.8 Å². The Balaban J connectivity index is 1.42. The van der Waals surface area contributed by atoms with Gasteiger partial charge < -0.3 is 4.90 Å². The Bertz CT molecular complexity index is 749. The Kier molecular flexibility index (Phi) is 7.47. The molecule has 3 rings (SSSR count). The summed E-state index contributed by atoms with van der Waals surface area (Å²) in [4.78, 5) is 21.0. The third-order valence-electron chi connectivity index (χ3n) is 5.69. The summed E-state index contributed by atoms with van der Waals surface area (Å²) in [5.74, 6) is -0.0693. The molecule has 0 atom stereocenters. The average Bonchev–Trinajstić information content (AvgIpc) is 3.11. The van der Waals surface area contributed by atoms with Crippen molar-refractivity contribution >= 4 is 27.3 Å². The molecule has 9 heteroatoms. The largest absolute Gasteiger partial charge is 0.339 e. The SMILES string of the molecule is CCc1nc(CN2CCN(C(=O)CS(=O)(=O)NC3CCC(C)CC3)CC2)cs1. The fourth-order valence-corrected chi connectivity index (χ4v) is 5.97. The van der Waals surface area contributed by atoms with Gasteiger partial charge in [0.25, 0.3) is 0 Å². The monoisotopic (exact) mass is 428 g/mol. The molecule has 1 aromatic rings. The number of rotatable bonds is 7. The lowest BCUT2D eigenvalue weighted by atomic mass is 9.88. The minimum absolute atomic E-state index is 0.0167. The van der Waals surface area contributed by atoms with Crippen LogP contribution in [-0.2, 0) is 27.8 Å². The summed E-state index contributed by atoms with van der Waals surface area (Å²) in [6.07, 6.45) is 4.77. The number of aryl methyl sites for hydroxylation is 1. The van der Waals surface area contributed by atoms with Gasteiger partial charge in [0.2, 0.25) is 15.9 Å². The average molecular weight is 429 g/mol. The van der Waals surface area contributed by atoms with E-state index in [1.807, 2.05) is 0 Å². The standard InChI is InChI=1S/C19H32N4O3S2/c1-3-18-20-17(13-27-18)12-22-8-10-23(11-9-22)19(24)14-28(25,26)21-16-6-4-15(2)5-7-16/h13,15-16,21H,3-12,14H2,1-2H3. The smallest absolute Gasteiger partial charge is 0.239 e. The number of hydrogen-bond acceptors (Lipinski definition) is 6. The highest BCUT2D eigenvalue weighted by atomic mass is 32.2. The second kappa shape index (κ2) is 9.65. The van der Waals surface area contributed by atoms with Crippen molar-refractivity contribution in [1.82, 2.24) is 19.5 Å². The van der Waals surface area contributed by atoms with E-state index in [4.69, 9.17) is 0 Å². The van der Waals surface area contributed by atoms with Crippen molar-refractivity contribution in [2.75, 3.05) is 31.9 Å². The zero-order chi connectivity index (χ0) is 20.1. The van der Waals surface area contributed by atoms with E-state index in [0.717, 1.165) is 62.4 Å². The van der Waals surface area contributed by atoms with Gasteiger partial charge in [0.05, 0.1) is 10.7 Å². The summed E-state index contributed by atoms with van der Waals surface area (Å²) in [6.45, 7) is 7.73. The van der Waals surface area contributed by atoms with Crippen LogP contribution in [0.4, 0.5) is 0 Å². The normalized spacial score (nSPS) is 24.4. The minimum atomic E-state index is -3.57. The minimum Gasteiger partial charge on any atom is -0.339 e. The zero-order valence-corrected chi connectivity index (χ0v) is 18.5. The van der Waals surface area contributed by atoms with E-state index in [2.05, 4.69) is 33.8 Å². The number of hydrogen-bond donors (Lipinski definition) is 1. The van der Waals surface area contributed by atoms with Crippen LogP contribution in [0.25, 0.3) is 0 Å². The molecule has 1 N–H and O–H groups in total. The molecule has 1 amide bonds. The Hall–Kier alpha value is -1.03. The van der Waals surface area contributed by atoms with Crippen LogP contribution in [0.1, 0.15) is 50.2 Å². The van der Waals surface area contributed by atoms with E-state index in [9.17, 15) is 13.2 Å². The van der Waals surface area contributed by atoms with E-state index in [0.29, 0.717) is 19.0 Å². The lowest BCUT2D eigenvalue weighted by Gasteiger charge is -2.34. The summed E-state index contributed by atoms with van der Waals surface area (Å²) >= 11 is 1.69. The topological polar surface area (TPSA) is 82.6 Å². The summed E-state index contributed by atoms with van der Waals surface area (Å²) in [7, 11) is -3.57. The fourth-order valence-electron chi connectivity index (χ4n) is 3.90. The first-order chi connectivity index (χ1) is 13.3. The van der Waals surface area contributed by atoms with Gasteiger partial charge in [0.1, 0.15) is 5.75 Å². The lowest BCUT2D eigenvalue weighted by molar-refractivity contribution is -0.130. The highest BCUT2D eigenvalue weighted by Crippen LogP contribution is 2.24. The number of nitrogens with one attached hydrogen (secondary N) is 1. The first-order valence-corrected chi connectivity index (χ1v) is 12.8. The maximum Gasteiger partial charge on any atom is 0.239 e. The molecule has 2 fully saturated rings. The lowest BCUT2D eigenvalue weighted by Crippen LogP contribution is -2.51. The molecule has 0 radical (unpaired) electrons. The van der Waals surface area contributed by atoms with E-state index >= 15 is 0 Å². The quantitative estimate of drug-likeness (QED) is 0.717. The molecule has 0 bridgehead atoms. The summed E-state index contributed by atoms with van der Waals surface area (Å²) < 4.78 is 27.5. The summed E-state index contributed by atoms with van der Waals surface area (Å²) in [5.41, 5.74) is 1.08. The predicted octanol–water partition coefficient (Wildman–Crippen LogP) is 1.85. The van der Waals surface area contributed by atoms with Crippen LogP contribution >= 0.6 is 11.3 Å². The van der Waals surface area contributed by atoms with E-state index in [1.165, 1.54) is 0 Å². The van der Waals surface area contributed by atoms with Crippen molar-refractivity contribution in [3.8, 4) is 0 Å². The molecular formula is C19H32N4O3S2. The van der Waals surface area contributed by atoms with Gasteiger partial charge >= 0.3 is 0 Å². The molecule has 28 heavy (non-hydrogen) atoms. The van der Waals surface area contributed by atoms with E-state index in [1.54, 1.807) is 16.2 Å². The third-order valence-corrected chi connectivity index (χ3v) is 8.05. The third kappa shape index (κ3) is 6.23. The molecule has 0 aromatic carbocycles. The number of carbonyl (C=O) groups excluding carboxylic acids is 1. The second-order valence-corrected chi connectivity index (χ2v) is 10.8. The van der Waals surface area contributed by atoms with Crippen LogP contribution in [0.5, 0.6) is 0 Å². The van der Waals surface area contributed by atoms with Crippen LogP contribution in [0.2, 0.25) is 0 Å². The number of sulfonamides is 1. The highest BCUT2D eigenvalue weighted by Gasteiger charge is 2.28. The van der Waals surface area contributed by atoms with Gasteiger partial charge in [-0.2, -0.15) is 0 Å². The van der Waals surface area contributed by atoms with Gasteiger partial charge in [-0.25, -0.2) is 18.1 Å². The maximum absolute atomic E-state index is 12.5. The molecule has 0 unspecified atom stereocenters. The first kappa shape index (κ1) is 21.7. The van der Waals surface area contributed by atoms with Crippen molar-refractivity contribution in [2.45, 2.75) is 58.5 Å². The number of carbonyl (C=O) groups is 1. The number of thiazole rings is 1. The van der Waals surface area contributed by atoms with Crippen LogP contribution in [0.3, 0.4) is 0 Å². The Labute approximate surface area is 172 Å². The molecular weight excluding hydrogens is 396 g/mol. The summed E-state index contributed by atoms with van der Waals surface area (Å²) in [5, 5.41) is 3.25. The molecule has 0 spiro atoms. The van der Waals surface area contributed by atoms with Crippen LogP contribution < -0.4 is 4.72 Å². The van der Waals surface area contributed by atoms with Gasteiger partial charge in [0.15, 0.2) is 0 Å². The number of nitrogens with zero attached hydrogens (tertiary/aromatic N) is 3. The summed E-state index contributed by atoms with van der Waals surface area (Å²) in [6, 6.07) is -0.0167. The van der Waals surface area contributed by atoms with Crippen LogP contribution in [-0.4, -0.2) is 67.1 Å². The van der Waals surface area contributed by atoms with Gasteiger partial charge in [-0.15, -0.1) is 11.3 Å². The zero-order valence-electron chi connectivity index (χ0n) is 16.9. The number of aromatic nitrogens is 1. The second-order valence-electron chi connectivity index (χ2n) is 8.08. The van der Waals surface area contributed by atoms with E-state index in [-0.39, 0.29) is 11.9 Å². The van der Waals surface area contributed by atoms with E-state index < -0.39 is 15.8 Å². The molecule has 1 aromatic heterocycles. The molecule has 1 aliphatic carbocycles. The fraction of sp³-hybridized carbons (Fsp3) is 0.789. The Morgan fingerprint density at radius 1 is 1.21 bits per heavy atom. The predicted molar refractivity (Wildman–Crippen MR) is 112 cm³/mol. The van der Waals surface area contributed by atoms with Gasteiger partial charge in [-0.3, -0.25) is 9.69 Å². The van der Waals surface area contributed by atoms with Crippen molar-refractivity contribution in [3.63, 3.8) is 0 Å². The molecule has 2 aliphatic rings. The Morgan fingerprint density at radius 3 is 2.50 bits per heavy atom.